The van der Waals surface area contributed by atoms with Crippen LogP contribution in [0.4, 0.5) is 27.4 Å². The molecule has 0 saturated carbocycles. The molecule has 1 aromatic carbocycles. The van der Waals surface area contributed by atoms with Crippen molar-refractivity contribution in [2.24, 2.45) is 0 Å². The molecule has 140 valence electrons. The lowest BCUT2D eigenvalue weighted by Gasteiger charge is -2.11. The first-order valence-electron chi connectivity index (χ1n) is 7.98. The van der Waals surface area contributed by atoms with Crippen molar-refractivity contribution in [2.75, 3.05) is 10.6 Å². The summed E-state index contributed by atoms with van der Waals surface area (Å²) >= 11 is 5.81. The number of nitrogens with one attached hydrogen (secondary N) is 3. The maximum absolute atomic E-state index is 13.4. The number of hydrogen-bond acceptors (Lipinski definition) is 4. The average molecular weight is 398 g/mol. The predicted molar refractivity (Wildman–Crippen MR) is 106 cm³/mol. The van der Waals surface area contributed by atoms with Crippen LogP contribution in [0, 0.1) is 12.4 Å². The summed E-state index contributed by atoms with van der Waals surface area (Å²) in [4.78, 5) is 33.4. The van der Waals surface area contributed by atoms with E-state index in [1.165, 1.54) is 31.3 Å². The van der Waals surface area contributed by atoms with Gasteiger partial charge in [-0.15, -0.1) is 0 Å². The Bertz CT molecular complexity index is 1170. The smallest absolute Gasteiger partial charge is 0.324 e. The van der Waals surface area contributed by atoms with Gasteiger partial charge in [0, 0.05) is 24.9 Å². The first-order chi connectivity index (χ1) is 13.4. The molecule has 0 aliphatic rings. The van der Waals surface area contributed by atoms with E-state index in [0.29, 0.717) is 22.8 Å². The Kier molecular flexibility index (Phi) is 5.38. The summed E-state index contributed by atoms with van der Waals surface area (Å²) in [5, 5.41) is 5.46. The summed E-state index contributed by atoms with van der Waals surface area (Å²) < 4.78 is 13.4. The van der Waals surface area contributed by atoms with Crippen LogP contribution in [0.1, 0.15) is 6.92 Å². The first kappa shape index (κ1) is 19.1. The topological polar surface area (TPSA) is 91.2 Å². The van der Waals surface area contributed by atoms with Crippen molar-refractivity contribution >= 4 is 40.5 Å². The van der Waals surface area contributed by atoms with Gasteiger partial charge in [0.2, 0.25) is 5.91 Å². The highest BCUT2D eigenvalue weighted by Gasteiger charge is 2.13. The van der Waals surface area contributed by atoms with Gasteiger partial charge in [-0.3, -0.25) is 9.78 Å². The van der Waals surface area contributed by atoms with Crippen molar-refractivity contribution in [1.82, 2.24) is 9.97 Å². The molecule has 7 nitrogen and oxygen atoms in total. The van der Waals surface area contributed by atoms with E-state index in [4.69, 9.17) is 18.2 Å². The van der Waals surface area contributed by atoms with Crippen molar-refractivity contribution < 1.29 is 9.18 Å². The van der Waals surface area contributed by atoms with Gasteiger partial charge in [-0.2, -0.15) is 0 Å². The number of carbonyl (C=O) groups excluding carboxylic acids is 1. The van der Waals surface area contributed by atoms with Crippen LogP contribution in [0.15, 0.2) is 47.4 Å². The molecule has 3 aromatic rings. The van der Waals surface area contributed by atoms with Crippen molar-refractivity contribution in [3.8, 4) is 11.1 Å². The molecule has 0 bridgehead atoms. The Labute approximate surface area is 164 Å². The molecule has 2 aromatic heterocycles. The molecule has 2 heterocycles. The number of benzene rings is 1. The van der Waals surface area contributed by atoms with E-state index in [1.54, 1.807) is 12.1 Å². The Morgan fingerprint density at radius 2 is 2.07 bits per heavy atom. The molecular formula is C19H13ClFN5O2. The van der Waals surface area contributed by atoms with Gasteiger partial charge in [0.25, 0.3) is 5.82 Å². The molecule has 3 rings (SSSR count). The Hall–Kier alpha value is -3.70. The summed E-state index contributed by atoms with van der Waals surface area (Å²) in [5.41, 5.74) is 0.977. The van der Waals surface area contributed by atoms with E-state index in [2.05, 4.69) is 25.4 Å². The number of pyridine rings is 2. The van der Waals surface area contributed by atoms with Crippen LogP contribution in [0.2, 0.25) is 5.02 Å². The van der Waals surface area contributed by atoms with Crippen molar-refractivity contribution in [1.29, 1.82) is 0 Å². The standard InChI is InChI=1S/C19H13ClFN5O2/c1-10(27)24-17-8-12(5-6-23-17)25-16-9-13(19(28)26-18(16)22-2)11-3-4-15(21)14(20)7-11/h3-9H,1H3,(H,26,28)(H2,23,24,25,27). The zero-order valence-electron chi connectivity index (χ0n) is 14.5. The maximum Gasteiger partial charge on any atom is 0.324 e. The second-order valence-electron chi connectivity index (χ2n) is 5.75. The number of hydrogen-bond donors (Lipinski definition) is 3. The molecule has 0 spiro atoms. The van der Waals surface area contributed by atoms with Gasteiger partial charge in [0.15, 0.2) is 0 Å². The Morgan fingerprint density at radius 1 is 1.29 bits per heavy atom. The van der Waals surface area contributed by atoms with Gasteiger partial charge in [0.05, 0.1) is 16.3 Å². The number of carbonyl (C=O) groups is 1. The lowest BCUT2D eigenvalue weighted by atomic mass is 10.1. The second kappa shape index (κ2) is 7.90. The second-order valence-corrected chi connectivity index (χ2v) is 6.16. The third-order valence-electron chi connectivity index (χ3n) is 3.71. The minimum atomic E-state index is -0.597. The number of halogens is 2. The van der Waals surface area contributed by atoms with Crippen molar-refractivity contribution in [2.45, 2.75) is 6.92 Å². The highest BCUT2D eigenvalue weighted by Crippen LogP contribution is 2.30. The number of H-pyrrole nitrogens is 1. The van der Waals surface area contributed by atoms with Gasteiger partial charge >= 0.3 is 5.56 Å². The number of anilines is 3. The summed E-state index contributed by atoms with van der Waals surface area (Å²) in [7, 11) is 0. The molecular weight excluding hydrogens is 385 g/mol. The van der Waals surface area contributed by atoms with Gasteiger partial charge in [-0.25, -0.2) is 14.2 Å². The summed E-state index contributed by atoms with van der Waals surface area (Å²) in [6, 6.07) is 8.62. The van der Waals surface area contributed by atoms with E-state index in [9.17, 15) is 14.0 Å². The zero-order valence-corrected chi connectivity index (χ0v) is 15.3. The molecule has 0 unspecified atom stereocenters. The highest BCUT2D eigenvalue weighted by molar-refractivity contribution is 6.31. The molecule has 0 radical (unpaired) electrons. The number of aromatic nitrogens is 2. The molecule has 0 aliphatic carbocycles. The lowest BCUT2D eigenvalue weighted by Crippen LogP contribution is -2.10. The fraction of sp³-hybridized carbons (Fsp3) is 0.0526. The maximum atomic E-state index is 13.4. The number of nitrogens with zero attached hydrogens (tertiary/aromatic N) is 2. The first-order valence-corrected chi connectivity index (χ1v) is 8.36. The number of amides is 1. The van der Waals surface area contributed by atoms with Crippen LogP contribution >= 0.6 is 11.6 Å². The molecule has 28 heavy (non-hydrogen) atoms. The van der Waals surface area contributed by atoms with Gasteiger partial charge < -0.3 is 15.5 Å². The lowest BCUT2D eigenvalue weighted by molar-refractivity contribution is -0.114. The van der Waals surface area contributed by atoms with Crippen LogP contribution in [-0.4, -0.2) is 15.9 Å². The van der Waals surface area contributed by atoms with Gasteiger partial charge in [-0.05, 0) is 29.8 Å². The summed E-state index contributed by atoms with van der Waals surface area (Å²) in [5.74, 6) is -0.539. The van der Waals surface area contributed by atoms with E-state index in [1.807, 2.05) is 0 Å². The third-order valence-corrected chi connectivity index (χ3v) is 4.00. The molecule has 1 amide bonds. The minimum absolute atomic E-state index is 0.000141. The monoisotopic (exact) mass is 397 g/mol. The molecule has 9 heteroatoms. The Balaban J connectivity index is 2.03. The molecule has 0 aliphatic heterocycles. The van der Waals surface area contributed by atoms with E-state index < -0.39 is 11.4 Å². The average Bonchev–Trinajstić information content (AvgIpc) is 2.65. The number of aromatic amines is 1. The Morgan fingerprint density at radius 3 is 2.75 bits per heavy atom. The normalized spacial score (nSPS) is 10.2. The van der Waals surface area contributed by atoms with E-state index in [0.717, 1.165) is 6.07 Å². The summed E-state index contributed by atoms with van der Waals surface area (Å²) in [6.45, 7) is 8.66. The predicted octanol–water partition coefficient (Wildman–Crippen LogP) is 4.48. The van der Waals surface area contributed by atoms with Crippen LogP contribution in [-0.2, 0) is 4.79 Å². The zero-order chi connectivity index (χ0) is 20.3. The fourth-order valence-corrected chi connectivity index (χ4v) is 2.68. The minimum Gasteiger partial charge on any atom is -0.363 e. The molecule has 0 fully saturated rings. The largest absolute Gasteiger partial charge is 0.363 e. The third kappa shape index (κ3) is 4.16. The van der Waals surface area contributed by atoms with Crippen LogP contribution in [0.3, 0.4) is 0 Å². The summed E-state index contributed by atoms with van der Waals surface area (Å²) in [6.07, 6.45) is 1.48. The van der Waals surface area contributed by atoms with Crippen molar-refractivity contribution in [3.63, 3.8) is 0 Å². The molecule has 0 saturated heterocycles. The van der Waals surface area contributed by atoms with Crippen LogP contribution in [0.5, 0.6) is 0 Å². The van der Waals surface area contributed by atoms with Gasteiger partial charge in [-0.1, -0.05) is 24.2 Å². The van der Waals surface area contributed by atoms with Gasteiger partial charge in [0.1, 0.15) is 11.6 Å². The quantitative estimate of drug-likeness (QED) is 0.566. The van der Waals surface area contributed by atoms with E-state index in [-0.39, 0.29) is 22.3 Å². The number of rotatable bonds is 4. The molecule has 3 N–H and O–H groups in total. The van der Waals surface area contributed by atoms with Crippen LogP contribution in [0.25, 0.3) is 16.0 Å². The van der Waals surface area contributed by atoms with E-state index >= 15 is 0 Å². The SMILES string of the molecule is [C-]#[N+]c1[nH]c(=O)c(-c2ccc(F)c(Cl)c2)cc1Nc1ccnc(NC(C)=O)c1. The van der Waals surface area contributed by atoms with Crippen LogP contribution < -0.4 is 16.2 Å². The van der Waals surface area contributed by atoms with Crippen molar-refractivity contribution in [3.05, 3.63) is 75.2 Å². The molecule has 0 atom stereocenters. The highest BCUT2D eigenvalue weighted by atomic mass is 35.5. The fourth-order valence-electron chi connectivity index (χ4n) is 2.49.